The second-order valence-electron chi connectivity index (χ2n) is 5.45. The average Bonchev–Trinajstić information content (AvgIpc) is 2.64. The highest BCUT2D eigenvalue weighted by atomic mass is 14.9. The highest BCUT2D eigenvalue weighted by Gasteiger charge is 2.31. The van der Waals surface area contributed by atoms with Gasteiger partial charge < -0.3 is 11.1 Å². The lowest BCUT2D eigenvalue weighted by Crippen LogP contribution is -2.25. The molecule has 3 unspecified atom stereocenters. The summed E-state index contributed by atoms with van der Waals surface area (Å²) in [5.41, 5.74) is 9.24. The number of nitrogens with two attached hydrogens (primary N) is 1. The van der Waals surface area contributed by atoms with E-state index in [4.69, 9.17) is 5.73 Å². The standard InChI is InChI=1S/C15H24N2/c1-4-12-6-8-14(11(12)3)17-15-7-5-10(2)9-13(15)16/h5,7,9,11-12,14,17H,4,6,8,16H2,1-3H3. The zero-order valence-corrected chi connectivity index (χ0v) is 11.2. The molecule has 1 aromatic carbocycles. The third kappa shape index (κ3) is 2.56. The molecule has 2 heteroatoms. The van der Waals surface area contributed by atoms with Gasteiger partial charge >= 0.3 is 0 Å². The third-order valence-corrected chi connectivity index (χ3v) is 4.30. The Hall–Kier alpha value is -1.18. The Labute approximate surface area is 105 Å². The first-order chi connectivity index (χ1) is 8.11. The molecule has 3 N–H and O–H groups in total. The molecule has 0 spiro atoms. The first kappa shape index (κ1) is 12.3. The Kier molecular flexibility index (Phi) is 3.60. The van der Waals surface area contributed by atoms with Crippen molar-refractivity contribution in [2.45, 2.75) is 46.1 Å². The van der Waals surface area contributed by atoms with Gasteiger partial charge in [-0.3, -0.25) is 0 Å². The number of nitrogen functional groups attached to an aromatic ring is 1. The molecule has 94 valence electrons. The molecule has 0 bridgehead atoms. The van der Waals surface area contributed by atoms with Gasteiger partial charge in [-0.1, -0.05) is 26.3 Å². The van der Waals surface area contributed by atoms with Gasteiger partial charge in [0.05, 0.1) is 11.4 Å². The van der Waals surface area contributed by atoms with Crippen LogP contribution >= 0.6 is 0 Å². The Morgan fingerprint density at radius 1 is 1.35 bits per heavy atom. The lowest BCUT2D eigenvalue weighted by atomic mass is 9.93. The van der Waals surface area contributed by atoms with E-state index in [0.717, 1.165) is 23.2 Å². The number of benzene rings is 1. The first-order valence-corrected chi connectivity index (χ1v) is 6.74. The van der Waals surface area contributed by atoms with E-state index in [9.17, 15) is 0 Å². The van der Waals surface area contributed by atoms with Crippen LogP contribution in [0.2, 0.25) is 0 Å². The van der Waals surface area contributed by atoms with Crippen LogP contribution in [0.5, 0.6) is 0 Å². The van der Waals surface area contributed by atoms with Crippen molar-refractivity contribution < 1.29 is 0 Å². The number of hydrogen-bond donors (Lipinski definition) is 2. The summed E-state index contributed by atoms with van der Waals surface area (Å²) in [4.78, 5) is 0. The minimum Gasteiger partial charge on any atom is -0.397 e. The van der Waals surface area contributed by atoms with Crippen LogP contribution in [0.15, 0.2) is 18.2 Å². The summed E-state index contributed by atoms with van der Waals surface area (Å²) in [6.45, 7) is 6.73. The van der Waals surface area contributed by atoms with Crippen LogP contribution in [0.3, 0.4) is 0 Å². The molecule has 1 fully saturated rings. The summed E-state index contributed by atoms with van der Waals surface area (Å²) in [6, 6.07) is 6.86. The van der Waals surface area contributed by atoms with E-state index < -0.39 is 0 Å². The maximum absolute atomic E-state index is 6.05. The molecular weight excluding hydrogens is 208 g/mol. The van der Waals surface area contributed by atoms with Crippen LogP contribution in [0.25, 0.3) is 0 Å². The van der Waals surface area contributed by atoms with Gasteiger partial charge in [-0.2, -0.15) is 0 Å². The fourth-order valence-corrected chi connectivity index (χ4v) is 3.04. The molecule has 0 saturated heterocycles. The molecule has 1 aliphatic rings. The molecule has 0 aromatic heterocycles. The van der Waals surface area contributed by atoms with E-state index in [1.165, 1.54) is 24.8 Å². The molecule has 0 radical (unpaired) electrons. The highest BCUT2D eigenvalue weighted by Crippen LogP contribution is 2.36. The van der Waals surface area contributed by atoms with Crippen molar-refractivity contribution in [3.63, 3.8) is 0 Å². The number of aryl methyl sites for hydroxylation is 1. The van der Waals surface area contributed by atoms with E-state index in [1.54, 1.807) is 0 Å². The quantitative estimate of drug-likeness (QED) is 0.778. The Morgan fingerprint density at radius 3 is 2.71 bits per heavy atom. The van der Waals surface area contributed by atoms with Crippen molar-refractivity contribution >= 4 is 11.4 Å². The molecular formula is C15H24N2. The normalized spacial score (nSPS) is 28.3. The van der Waals surface area contributed by atoms with Crippen LogP contribution in [-0.2, 0) is 0 Å². The van der Waals surface area contributed by atoms with Gasteiger partial charge in [0, 0.05) is 6.04 Å². The lowest BCUT2D eigenvalue weighted by Gasteiger charge is -2.23. The van der Waals surface area contributed by atoms with Gasteiger partial charge in [0.15, 0.2) is 0 Å². The Morgan fingerprint density at radius 2 is 2.12 bits per heavy atom. The first-order valence-electron chi connectivity index (χ1n) is 6.74. The van der Waals surface area contributed by atoms with Crippen LogP contribution < -0.4 is 11.1 Å². The van der Waals surface area contributed by atoms with E-state index in [0.29, 0.717) is 6.04 Å². The molecule has 2 nitrogen and oxygen atoms in total. The highest BCUT2D eigenvalue weighted by molar-refractivity contribution is 5.67. The van der Waals surface area contributed by atoms with Gasteiger partial charge in [0.25, 0.3) is 0 Å². The largest absolute Gasteiger partial charge is 0.397 e. The Balaban J connectivity index is 2.06. The summed E-state index contributed by atoms with van der Waals surface area (Å²) >= 11 is 0. The van der Waals surface area contributed by atoms with E-state index >= 15 is 0 Å². The molecule has 17 heavy (non-hydrogen) atoms. The van der Waals surface area contributed by atoms with Gasteiger partial charge in [0.2, 0.25) is 0 Å². The monoisotopic (exact) mass is 232 g/mol. The maximum Gasteiger partial charge on any atom is 0.0576 e. The van der Waals surface area contributed by atoms with Crippen molar-refractivity contribution in [3.05, 3.63) is 23.8 Å². The fraction of sp³-hybridized carbons (Fsp3) is 0.600. The second kappa shape index (κ2) is 4.99. The predicted molar refractivity (Wildman–Crippen MR) is 75.2 cm³/mol. The van der Waals surface area contributed by atoms with Gasteiger partial charge in [-0.25, -0.2) is 0 Å². The maximum atomic E-state index is 6.05. The van der Waals surface area contributed by atoms with E-state index in [-0.39, 0.29) is 0 Å². The SMILES string of the molecule is CCC1CCC(Nc2ccc(C)cc2N)C1C. The zero-order chi connectivity index (χ0) is 12.4. The van der Waals surface area contributed by atoms with Gasteiger partial charge in [-0.05, 0) is 49.3 Å². The molecule has 0 aliphatic heterocycles. The molecule has 2 rings (SSSR count). The van der Waals surface area contributed by atoms with Crippen LogP contribution in [0.4, 0.5) is 11.4 Å². The summed E-state index contributed by atoms with van der Waals surface area (Å²) in [5.74, 6) is 1.62. The van der Waals surface area contributed by atoms with Crippen LogP contribution in [0.1, 0.15) is 38.7 Å². The topological polar surface area (TPSA) is 38.0 Å². The number of anilines is 2. The minimum atomic E-state index is 0.588. The van der Waals surface area contributed by atoms with Gasteiger partial charge in [-0.15, -0.1) is 0 Å². The molecule has 0 heterocycles. The second-order valence-corrected chi connectivity index (χ2v) is 5.45. The van der Waals surface area contributed by atoms with Crippen molar-refractivity contribution in [2.75, 3.05) is 11.1 Å². The predicted octanol–water partition coefficient (Wildman–Crippen LogP) is 3.81. The van der Waals surface area contributed by atoms with Crippen molar-refractivity contribution in [3.8, 4) is 0 Å². The number of rotatable bonds is 3. The average molecular weight is 232 g/mol. The summed E-state index contributed by atoms with van der Waals surface area (Å²) < 4.78 is 0. The summed E-state index contributed by atoms with van der Waals surface area (Å²) in [7, 11) is 0. The lowest BCUT2D eigenvalue weighted by molar-refractivity contribution is 0.392. The van der Waals surface area contributed by atoms with E-state index in [1.807, 2.05) is 6.07 Å². The van der Waals surface area contributed by atoms with Crippen molar-refractivity contribution in [1.29, 1.82) is 0 Å². The molecule has 1 aromatic rings. The molecule has 3 atom stereocenters. The molecule has 0 amide bonds. The smallest absolute Gasteiger partial charge is 0.0576 e. The van der Waals surface area contributed by atoms with E-state index in [2.05, 4.69) is 38.2 Å². The minimum absolute atomic E-state index is 0.588. The third-order valence-electron chi connectivity index (χ3n) is 4.30. The molecule has 1 aliphatic carbocycles. The molecule has 1 saturated carbocycles. The van der Waals surface area contributed by atoms with Crippen molar-refractivity contribution in [1.82, 2.24) is 0 Å². The van der Waals surface area contributed by atoms with Crippen molar-refractivity contribution in [2.24, 2.45) is 11.8 Å². The zero-order valence-electron chi connectivity index (χ0n) is 11.2. The van der Waals surface area contributed by atoms with Crippen LogP contribution in [-0.4, -0.2) is 6.04 Å². The summed E-state index contributed by atoms with van der Waals surface area (Å²) in [5, 5.41) is 3.63. The number of nitrogens with one attached hydrogen (secondary N) is 1. The number of hydrogen-bond acceptors (Lipinski definition) is 2. The van der Waals surface area contributed by atoms with Crippen LogP contribution in [0, 0.1) is 18.8 Å². The summed E-state index contributed by atoms with van der Waals surface area (Å²) in [6.07, 6.45) is 3.91. The van der Waals surface area contributed by atoms with Gasteiger partial charge in [0.1, 0.15) is 0 Å². The Bertz CT molecular complexity index is 387. The fourth-order valence-electron chi connectivity index (χ4n) is 3.04.